The van der Waals surface area contributed by atoms with Gasteiger partial charge in [0.1, 0.15) is 13.1 Å². The predicted octanol–water partition coefficient (Wildman–Crippen LogP) is -0.290. The molecule has 0 spiro atoms. The Kier molecular flexibility index (Phi) is 6.69. The van der Waals surface area contributed by atoms with Crippen molar-refractivity contribution in [2.45, 2.75) is 20.3 Å². The van der Waals surface area contributed by atoms with Gasteiger partial charge in [0.05, 0.1) is 0 Å². The van der Waals surface area contributed by atoms with Gasteiger partial charge in [-0.25, -0.2) is 4.79 Å². The second kappa shape index (κ2) is 7.48. The number of nitrogens with zero attached hydrogens (tertiary/aromatic N) is 2. The Bertz CT molecular complexity index is 293. The molecule has 0 radical (unpaired) electrons. The summed E-state index contributed by atoms with van der Waals surface area (Å²) in [4.78, 5) is 35.7. The molecule has 0 aliphatic heterocycles. The molecule has 0 bridgehead atoms. The first kappa shape index (κ1) is 15.2. The minimum atomic E-state index is -1.08. The maximum absolute atomic E-state index is 11.9. The fourth-order valence-electron chi connectivity index (χ4n) is 1.38. The smallest absolute Gasteiger partial charge is 0.323 e. The van der Waals surface area contributed by atoms with E-state index in [1.54, 1.807) is 6.92 Å². The summed E-state index contributed by atoms with van der Waals surface area (Å²) in [5.41, 5.74) is 5.01. The van der Waals surface area contributed by atoms with E-state index in [0.717, 1.165) is 0 Å². The van der Waals surface area contributed by atoms with E-state index in [1.807, 2.05) is 6.92 Å². The zero-order valence-corrected chi connectivity index (χ0v) is 10.2. The quantitative estimate of drug-likeness (QED) is 0.643. The van der Waals surface area contributed by atoms with Crippen LogP contribution in [0.5, 0.6) is 0 Å². The van der Waals surface area contributed by atoms with Gasteiger partial charge >= 0.3 is 12.0 Å². The predicted molar refractivity (Wildman–Crippen MR) is 61.3 cm³/mol. The molecule has 0 aliphatic rings. The number of carboxylic acids is 1. The van der Waals surface area contributed by atoms with Gasteiger partial charge in [0, 0.05) is 13.1 Å². The summed E-state index contributed by atoms with van der Waals surface area (Å²) in [7, 11) is 0. The van der Waals surface area contributed by atoms with Gasteiger partial charge in [0.25, 0.3) is 0 Å². The Balaban J connectivity index is 4.65. The molecular weight excluding hydrogens is 226 g/mol. The normalized spacial score (nSPS) is 9.76. The molecule has 0 aromatic carbocycles. The Morgan fingerprint density at radius 1 is 1.12 bits per heavy atom. The van der Waals surface area contributed by atoms with Crippen molar-refractivity contribution < 1.29 is 19.5 Å². The lowest BCUT2D eigenvalue weighted by atomic mass is 10.4. The summed E-state index contributed by atoms with van der Waals surface area (Å²) >= 11 is 0. The molecular formula is C10H19N3O4. The molecule has 3 N–H and O–H groups in total. The van der Waals surface area contributed by atoms with E-state index in [9.17, 15) is 14.4 Å². The average Bonchev–Trinajstić information content (AvgIpc) is 2.23. The molecule has 98 valence electrons. The van der Waals surface area contributed by atoms with Crippen molar-refractivity contribution in [2.75, 3.05) is 26.2 Å². The van der Waals surface area contributed by atoms with Crippen LogP contribution in [0.2, 0.25) is 0 Å². The molecule has 0 aromatic rings. The minimum Gasteiger partial charge on any atom is -0.480 e. The third-order valence-corrected chi connectivity index (χ3v) is 2.09. The number of carboxylic acid groups (broad SMARTS) is 1. The number of aliphatic carboxylic acids is 1. The lowest BCUT2D eigenvalue weighted by molar-refractivity contribution is -0.137. The van der Waals surface area contributed by atoms with Crippen molar-refractivity contribution >= 4 is 17.9 Å². The maximum Gasteiger partial charge on any atom is 0.323 e. The maximum atomic E-state index is 11.9. The minimum absolute atomic E-state index is 0.199. The Morgan fingerprint density at radius 3 is 2.06 bits per heavy atom. The van der Waals surface area contributed by atoms with Gasteiger partial charge in [0.15, 0.2) is 0 Å². The van der Waals surface area contributed by atoms with Gasteiger partial charge in [0.2, 0.25) is 5.91 Å². The van der Waals surface area contributed by atoms with Crippen LogP contribution in [0.25, 0.3) is 0 Å². The molecule has 3 amide bonds. The van der Waals surface area contributed by atoms with Crippen molar-refractivity contribution in [3.05, 3.63) is 0 Å². The average molecular weight is 245 g/mol. The van der Waals surface area contributed by atoms with Crippen LogP contribution in [-0.4, -0.2) is 59.0 Å². The molecule has 0 saturated heterocycles. The lowest BCUT2D eigenvalue weighted by Gasteiger charge is -2.27. The van der Waals surface area contributed by atoms with Crippen molar-refractivity contribution in [3.8, 4) is 0 Å². The summed E-state index contributed by atoms with van der Waals surface area (Å²) in [5.74, 6) is -1.70. The third kappa shape index (κ3) is 5.74. The largest absolute Gasteiger partial charge is 0.480 e. The first-order chi connectivity index (χ1) is 7.92. The van der Waals surface area contributed by atoms with E-state index in [-0.39, 0.29) is 13.1 Å². The highest BCUT2D eigenvalue weighted by Crippen LogP contribution is 2.00. The Hall–Kier alpha value is -1.79. The monoisotopic (exact) mass is 245 g/mol. The van der Waals surface area contributed by atoms with Gasteiger partial charge in [-0.1, -0.05) is 6.92 Å². The van der Waals surface area contributed by atoms with E-state index < -0.39 is 17.9 Å². The van der Waals surface area contributed by atoms with Gasteiger partial charge in [-0.05, 0) is 13.3 Å². The number of amides is 3. The Morgan fingerprint density at radius 2 is 1.71 bits per heavy atom. The van der Waals surface area contributed by atoms with Gasteiger partial charge < -0.3 is 20.6 Å². The zero-order chi connectivity index (χ0) is 13.4. The number of rotatable bonds is 7. The second-order valence-electron chi connectivity index (χ2n) is 3.58. The Labute approximate surface area is 100 Å². The first-order valence-electron chi connectivity index (χ1n) is 5.46. The van der Waals surface area contributed by atoms with Crippen LogP contribution in [0.4, 0.5) is 4.79 Å². The number of carbonyl (C=O) groups is 3. The number of likely N-dealkylation sites (N-methyl/N-ethyl adjacent to an activating group) is 1. The summed E-state index contributed by atoms with van der Waals surface area (Å²) in [6, 6.07) is -0.476. The number of primary amides is 1. The number of hydrogen-bond acceptors (Lipinski definition) is 3. The summed E-state index contributed by atoms with van der Waals surface area (Å²) in [6.45, 7) is 3.61. The summed E-state index contributed by atoms with van der Waals surface area (Å²) < 4.78 is 0. The number of hydrogen-bond donors (Lipinski definition) is 2. The zero-order valence-electron chi connectivity index (χ0n) is 10.2. The molecule has 0 heterocycles. The summed E-state index contributed by atoms with van der Waals surface area (Å²) in [5, 5.41) is 8.69. The fourth-order valence-corrected chi connectivity index (χ4v) is 1.38. The van der Waals surface area contributed by atoms with Crippen LogP contribution < -0.4 is 5.73 Å². The SMILES string of the molecule is CCCN(CC(=O)O)C(=O)N(CC)CC(N)=O. The van der Waals surface area contributed by atoms with Crippen LogP contribution in [0.3, 0.4) is 0 Å². The van der Waals surface area contributed by atoms with E-state index in [1.165, 1.54) is 9.80 Å². The molecule has 0 aliphatic carbocycles. The van der Waals surface area contributed by atoms with Crippen molar-refractivity contribution in [3.63, 3.8) is 0 Å². The van der Waals surface area contributed by atoms with Crippen molar-refractivity contribution in [1.29, 1.82) is 0 Å². The molecule has 17 heavy (non-hydrogen) atoms. The van der Waals surface area contributed by atoms with Crippen LogP contribution in [0.1, 0.15) is 20.3 Å². The molecule has 0 unspecified atom stereocenters. The van der Waals surface area contributed by atoms with Crippen LogP contribution in [-0.2, 0) is 9.59 Å². The van der Waals surface area contributed by atoms with Gasteiger partial charge in [-0.3, -0.25) is 9.59 Å². The van der Waals surface area contributed by atoms with E-state index >= 15 is 0 Å². The number of nitrogens with two attached hydrogens (primary N) is 1. The van der Waals surface area contributed by atoms with Crippen LogP contribution >= 0.6 is 0 Å². The van der Waals surface area contributed by atoms with Gasteiger partial charge in [-0.2, -0.15) is 0 Å². The molecule has 7 heteroatoms. The molecule has 0 atom stereocenters. The topological polar surface area (TPSA) is 104 Å². The van der Waals surface area contributed by atoms with E-state index in [0.29, 0.717) is 19.5 Å². The number of urea groups is 1. The second-order valence-corrected chi connectivity index (χ2v) is 3.58. The van der Waals surface area contributed by atoms with E-state index in [4.69, 9.17) is 10.8 Å². The van der Waals surface area contributed by atoms with Gasteiger partial charge in [-0.15, -0.1) is 0 Å². The van der Waals surface area contributed by atoms with Crippen molar-refractivity contribution in [1.82, 2.24) is 9.80 Å². The molecule has 0 fully saturated rings. The lowest BCUT2D eigenvalue weighted by Crippen LogP contribution is -2.48. The third-order valence-electron chi connectivity index (χ3n) is 2.09. The molecule has 0 aromatic heterocycles. The van der Waals surface area contributed by atoms with E-state index in [2.05, 4.69) is 0 Å². The van der Waals surface area contributed by atoms with Crippen LogP contribution in [0.15, 0.2) is 0 Å². The highest BCUT2D eigenvalue weighted by Gasteiger charge is 2.22. The number of carbonyl (C=O) groups excluding carboxylic acids is 2. The standard InChI is InChI=1S/C10H19N3O4/c1-3-5-13(7-9(15)16)10(17)12(4-2)6-8(11)14/h3-7H2,1-2H3,(H2,11,14)(H,15,16). The van der Waals surface area contributed by atoms with Crippen molar-refractivity contribution in [2.24, 2.45) is 5.73 Å². The highest BCUT2D eigenvalue weighted by molar-refractivity contribution is 5.84. The molecule has 0 saturated carbocycles. The molecule has 0 rings (SSSR count). The first-order valence-corrected chi connectivity index (χ1v) is 5.46. The van der Waals surface area contributed by atoms with Crippen LogP contribution in [0, 0.1) is 0 Å². The highest BCUT2D eigenvalue weighted by atomic mass is 16.4. The summed E-state index contributed by atoms with van der Waals surface area (Å²) in [6.07, 6.45) is 0.646. The molecule has 7 nitrogen and oxygen atoms in total. The fraction of sp³-hybridized carbons (Fsp3) is 0.700.